The van der Waals surface area contributed by atoms with Crippen LogP contribution in [0.2, 0.25) is 0 Å². The van der Waals surface area contributed by atoms with E-state index in [1.165, 1.54) is 11.1 Å². The summed E-state index contributed by atoms with van der Waals surface area (Å²) in [5.41, 5.74) is 4.99. The number of carbonyl (C=O) groups is 1. The molecule has 5 rings (SSSR count). The van der Waals surface area contributed by atoms with Crippen molar-refractivity contribution in [2.24, 2.45) is 0 Å². The van der Waals surface area contributed by atoms with Crippen LogP contribution in [0.15, 0.2) is 54.6 Å². The number of rotatable bonds is 3. The highest BCUT2D eigenvalue weighted by atomic mass is 16.6. The summed E-state index contributed by atoms with van der Waals surface area (Å²) in [6.07, 6.45) is -0.231. The van der Waals surface area contributed by atoms with Crippen molar-refractivity contribution in [1.29, 1.82) is 0 Å². The first-order chi connectivity index (χ1) is 16.9. The number of fused-ring (bicyclic) bond motifs is 1. The Hall–Kier alpha value is -3.32. The first kappa shape index (κ1) is 23.4. The molecule has 0 saturated carbocycles. The molecule has 0 atom stereocenters. The van der Waals surface area contributed by atoms with Crippen LogP contribution < -0.4 is 9.80 Å². The summed E-state index contributed by atoms with van der Waals surface area (Å²) in [5.74, 6) is 0. The van der Waals surface area contributed by atoms with Crippen molar-refractivity contribution in [3.05, 3.63) is 54.6 Å². The number of ether oxygens (including phenoxy) is 2. The lowest BCUT2D eigenvalue weighted by Gasteiger charge is -2.36. The first-order valence-electron chi connectivity index (χ1n) is 12.4. The molecule has 0 bridgehead atoms. The van der Waals surface area contributed by atoms with E-state index in [1.807, 2.05) is 26.8 Å². The minimum absolute atomic E-state index is 0.231. The Bertz CT molecular complexity index is 1180. The zero-order valence-corrected chi connectivity index (χ0v) is 20.9. The van der Waals surface area contributed by atoms with E-state index < -0.39 is 5.60 Å². The van der Waals surface area contributed by atoms with E-state index in [9.17, 15) is 4.79 Å². The minimum atomic E-state index is -0.470. The summed E-state index contributed by atoms with van der Waals surface area (Å²) in [5, 5.41) is 1.18. The predicted octanol–water partition coefficient (Wildman–Crippen LogP) is 4.80. The van der Waals surface area contributed by atoms with Gasteiger partial charge in [0.05, 0.1) is 24.4 Å². The van der Waals surface area contributed by atoms with Crippen LogP contribution in [0.5, 0.6) is 0 Å². The Labute approximate surface area is 207 Å². The van der Waals surface area contributed by atoms with E-state index in [0.29, 0.717) is 13.1 Å². The number of carbonyl (C=O) groups excluding carboxylic acids is 1. The number of para-hydroxylation sites is 1. The fourth-order valence-electron chi connectivity index (χ4n) is 4.69. The van der Waals surface area contributed by atoms with Gasteiger partial charge in [-0.2, -0.15) is 0 Å². The highest BCUT2D eigenvalue weighted by Crippen LogP contribution is 2.32. The van der Waals surface area contributed by atoms with Crippen molar-refractivity contribution in [3.8, 4) is 11.3 Å². The zero-order valence-electron chi connectivity index (χ0n) is 20.9. The van der Waals surface area contributed by atoms with Crippen LogP contribution in [-0.4, -0.2) is 74.1 Å². The summed E-state index contributed by atoms with van der Waals surface area (Å²) in [7, 11) is 0. The van der Waals surface area contributed by atoms with Crippen molar-refractivity contribution in [2.45, 2.75) is 26.4 Å². The second-order valence-corrected chi connectivity index (χ2v) is 10.1. The van der Waals surface area contributed by atoms with E-state index in [1.54, 1.807) is 4.90 Å². The molecule has 0 radical (unpaired) electrons. The number of anilines is 2. The third-order valence-corrected chi connectivity index (χ3v) is 6.51. The maximum Gasteiger partial charge on any atom is 0.410 e. The number of morpholine rings is 1. The van der Waals surface area contributed by atoms with Gasteiger partial charge in [0.1, 0.15) is 5.60 Å². The SMILES string of the molecule is CC(C)(C)OC(=O)N1CCN(c2ccc(-c3cc(N4CCOCC4)c4ccccc4n3)cc2)CC1. The number of hydrogen-bond acceptors (Lipinski definition) is 6. The largest absolute Gasteiger partial charge is 0.444 e. The second kappa shape index (κ2) is 9.74. The van der Waals surface area contributed by atoms with Gasteiger partial charge in [-0.3, -0.25) is 0 Å². The van der Waals surface area contributed by atoms with E-state index in [4.69, 9.17) is 14.5 Å². The van der Waals surface area contributed by atoms with Gasteiger partial charge in [0.15, 0.2) is 0 Å². The Morgan fingerprint density at radius 3 is 2.26 bits per heavy atom. The molecule has 1 aromatic heterocycles. The molecule has 1 amide bonds. The van der Waals surface area contributed by atoms with Crippen LogP contribution in [0.3, 0.4) is 0 Å². The van der Waals surface area contributed by atoms with Gasteiger partial charge in [-0.1, -0.05) is 30.3 Å². The van der Waals surface area contributed by atoms with Gasteiger partial charge < -0.3 is 24.2 Å². The van der Waals surface area contributed by atoms with Crippen LogP contribution in [-0.2, 0) is 9.47 Å². The number of pyridine rings is 1. The summed E-state index contributed by atoms with van der Waals surface area (Å²) < 4.78 is 11.1. The maximum absolute atomic E-state index is 12.4. The van der Waals surface area contributed by atoms with Gasteiger partial charge in [0.25, 0.3) is 0 Å². The van der Waals surface area contributed by atoms with Gasteiger partial charge in [-0.05, 0) is 45.0 Å². The molecule has 2 aliphatic rings. The summed E-state index contributed by atoms with van der Waals surface area (Å²) in [6.45, 7) is 11.9. The van der Waals surface area contributed by atoms with Gasteiger partial charge in [0, 0.05) is 61.6 Å². The summed E-state index contributed by atoms with van der Waals surface area (Å²) in [4.78, 5) is 23.8. The van der Waals surface area contributed by atoms with Crippen LogP contribution in [0.25, 0.3) is 22.2 Å². The fraction of sp³-hybridized carbons (Fsp3) is 0.429. The quantitative estimate of drug-likeness (QED) is 0.544. The maximum atomic E-state index is 12.4. The molecule has 0 aliphatic carbocycles. The predicted molar refractivity (Wildman–Crippen MR) is 140 cm³/mol. The van der Waals surface area contributed by atoms with Crippen LogP contribution in [0.4, 0.5) is 16.2 Å². The number of piperazine rings is 1. The van der Waals surface area contributed by atoms with E-state index >= 15 is 0 Å². The topological polar surface area (TPSA) is 58.1 Å². The molecule has 2 saturated heterocycles. The average molecular weight is 475 g/mol. The van der Waals surface area contributed by atoms with Crippen LogP contribution in [0, 0.1) is 0 Å². The Morgan fingerprint density at radius 2 is 1.57 bits per heavy atom. The molecule has 0 unspecified atom stereocenters. The van der Waals surface area contributed by atoms with Gasteiger partial charge >= 0.3 is 6.09 Å². The number of hydrogen-bond donors (Lipinski definition) is 0. The molecule has 0 N–H and O–H groups in total. The molecule has 3 heterocycles. The van der Waals surface area contributed by atoms with Gasteiger partial charge in [-0.25, -0.2) is 9.78 Å². The molecule has 35 heavy (non-hydrogen) atoms. The minimum Gasteiger partial charge on any atom is -0.444 e. The lowest BCUT2D eigenvalue weighted by Crippen LogP contribution is -2.50. The third-order valence-electron chi connectivity index (χ3n) is 6.51. The van der Waals surface area contributed by atoms with Crippen molar-refractivity contribution < 1.29 is 14.3 Å². The van der Waals surface area contributed by atoms with Crippen molar-refractivity contribution in [1.82, 2.24) is 9.88 Å². The molecule has 7 heteroatoms. The lowest BCUT2D eigenvalue weighted by atomic mass is 10.1. The highest BCUT2D eigenvalue weighted by Gasteiger charge is 2.26. The molecule has 0 spiro atoms. The van der Waals surface area contributed by atoms with Crippen LogP contribution >= 0.6 is 0 Å². The van der Waals surface area contributed by atoms with Crippen LogP contribution in [0.1, 0.15) is 20.8 Å². The second-order valence-electron chi connectivity index (χ2n) is 10.1. The molecule has 7 nitrogen and oxygen atoms in total. The van der Waals surface area contributed by atoms with E-state index in [-0.39, 0.29) is 6.09 Å². The average Bonchev–Trinajstić information content (AvgIpc) is 2.88. The van der Waals surface area contributed by atoms with E-state index in [0.717, 1.165) is 61.9 Å². The molecule has 184 valence electrons. The fourth-order valence-corrected chi connectivity index (χ4v) is 4.69. The smallest absolute Gasteiger partial charge is 0.410 e. The van der Waals surface area contributed by atoms with Gasteiger partial charge in [0.2, 0.25) is 0 Å². The van der Waals surface area contributed by atoms with Crippen molar-refractivity contribution in [3.63, 3.8) is 0 Å². The summed E-state index contributed by atoms with van der Waals surface area (Å²) in [6, 6.07) is 19.2. The van der Waals surface area contributed by atoms with Crippen molar-refractivity contribution in [2.75, 3.05) is 62.3 Å². The third kappa shape index (κ3) is 5.35. The van der Waals surface area contributed by atoms with Gasteiger partial charge in [-0.15, -0.1) is 0 Å². The monoisotopic (exact) mass is 474 g/mol. The normalized spacial score (nSPS) is 17.1. The molecular formula is C28H34N4O3. The highest BCUT2D eigenvalue weighted by molar-refractivity contribution is 5.94. The Balaban J connectivity index is 1.32. The zero-order chi connectivity index (χ0) is 24.4. The first-order valence-corrected chi connectivity index (χ1v) is 12.4. The standard InChI is InChI=1S/C28H34N4O3/c1-28(2,3)35-27(33)32-14-12-30(13-15-32)22-10-8-21(9-11-22)25-20-26(31-16-18-34-19-17-31)23-6-4-5-7-24(23)29-25/h4-11,20H,12-19H2,1-3H3. The summed E-state index contributed by atoms with van der Waals surface area (Å²) >= 11 is 0. The molecular weight excluding hydrogens is 440 g/mol. The number of amides is 1. The molecule has 2 aliphatic heterocycles. The molecule has 2 fully saturated rings. The Morgan fingerprint density at radius 1 is 0.886 bits per heavy atom. The molecule has 3 aromatic rings. The number of benzene rings is 2. The van der Waals surface area contributed by atoms with Crippen molar-refractivity contribution >= 4 is 28.4 Å². The number of aromatic nitrogens is 1. The van der Waals surface area contributed by atoms with E-state index in [2.05, 4.69) is 58.3 Å². The number of nitrogens with zero attached hydrogens (tertiary/aromatic N) is 4. The Kier molecular flexibility index (Phi) is 6.52. The lowest BCUT2D eigenvalue weighted by molar-refractivity contribution is 0.0240. The molecule has 2 aromatic carbocycles.